The van der Waals surface area contributed by atoms with E-state index < -0.39 is 96.2 Å². The monoisotopic (exact) mass is 1190 g/mol. The van der Waals surface area contributed by atoms with Gasteiger partial charge in [0, 0.05) is 65.6 Å². The molecule has 0 spiro atoms. The summed E-state index contributed by atoms with van der Waals surface area (Å²) >= 11 is 0. The Morgan fingerprint density at radius 3 is 1.53 bits per heavy atom. The van der Waals surface area contributed by atoms with E-state index in [4.69, 9.17) is 19.1 Å². The molecule has 0 aromatic heterocycles. The maximum absolute atomic E-state index is 14.8. The third-order valence-corrected chi connectivity index (χ3v) is 14.0. The molecule has 5 N–H and O–H groups in total. The fourth-order valence-corrected chi connectivity index (χ4v) is 9.44. The number of fused-ring (bicyclic) bond motifs is 3. The van der Waals surface area contributed by atoms with E-state index >= 15 is 0 Å². The number of aliphatic hydroxyl groups excluding tert-OH is 1. The van der Waals surface area contributed by atoms with Gasteiger partial charge in [0.25, 0.3) is 11.8 Å². The molecule has 462 valence electrons. The molecule has 0 fully saturated rings. The van der Waals surface area contributed by atoms with Crippen LogP contribution in [0.2, 0.25) is 0 Å². The van der Waals surface area contributed by atoms with Crippen molar-refractivity contribution in [3.63, 3.8) is 0 Å². The molecule has 4 aromatic carbocycles. The van der Waals surface area contributed by atoms with Gasteiger partial charge in [-0.15, -0.1) is 0 Å². The van der Waals surface area contributed by atoms with Gasteiger partial charge >= 0.3 is 24.1 Å². The lowest BCUT2D eigenvalue weighted by molar-refractivity contribution is -0.165. The summed E-state index contributed by atoms with van der Waals surface area (Å²) < 4.78 is 11.0. The lowest BCUT2D eigenvalue weighted by atomic mass is 9.87. The van der Waals surface area contributed by atoms with Crippen LogP contribution in [-0.2, 0) is 52.7 Å². The summed E-state index contributed by atoms with van der Waals surface area (Å²) in [5, 5.41) is 21.8. The van der Waals surface area contributed by atoms with Gasteiger partial charge in [0.1, 0.15) is 30.1 Å². The molecular weight excluding hydrogens is 1110 g/mol. The van der Waals surface area contributed by atoms with E-state index in [0.717, 1.165) is 32.4 Å². The largest absolute Gasteiger partial charge is 0.449 e. The Balaban J connectivity index is 1.39. The molecule has 23 nitrogen and oxygen atoms in total. The number of nitrogens with one attached hydrogen (secondary N) is 4. The standard InChI is InChI=1S/C63H79N7O16/c1-41(72)68(7)35-19-26-46(55(75)33-18-34-64-57(77)54(39-71)67-62(82)84-63(4,5)6)38-56(76)52(31-20-36-69(42(2)73)85-59(79)44-22-10-8-11-23-44)65-58(78)53(32-21-37-70(43(3)74)86-60(80)45-24-12-9-13-25-45)66-61(81)83-40-51-49-29-16-14-27-47(49)48-28-15-17-30-50(48)51/h8-17,22-25,27-30,46,51-54,71H,18-21,26,31-40H2,1-7H3,(H,64,77)(H,65,78)(H,66,81)(H,67,82)/t46-,52+,53+,54+/m1/s1. The zero-order valence-corrected chi connectivity index (χ0v) is 49.8. The number of nitrogens with zero attached hydrogens (tertiary/aromatic N) is 3. The number of ketones is 2. The van der Waals surface area contributed by atoms with E-state index in [1.165, 1.54) is 49.9 Å². The summed E-state index contributed by atoms with van der Waals surface area (Å²) in [4.78, 5) is 159. The minimum Gasteiger partial charge on any atom is -0.449 e. The van der Waals surface area contributed by atoms with Crippen LogP contribution < -0.4 is 21.3 Å². The summed E-state index contributed by atoms with van der Waals surface area (Å²) in [5.74, 6) is -7.13. The molecule has 1 aliphatic rings. The van der Waals surface area contributed by atoms with Crippen molar-refractivity contribution >= 4 is 65.2 Å². The molecule has 86 heavy (non-hydrogen) atoms. The highest BCUT2D eigenvalue weighted by molar-refractivity contribution is 5.95. The summed E-state index contributed by atoms with van der Waals surface area (Å²) in [6.07, 6.45) is -2.51. The van der Waals surface area contributed by atoms with Crippen molar-refractivity contribution in [1.82, 2.24) is 36.3 Å². The van der Waals surface area contributed by atoms with Crippen LogP contribution in [0.4, 0.5) is 9.59 Å². The molecule has 7 amide bonds. The number of alkyl carbamates (subject to hydrolysis) is 2. The van der Waals surface area contributed by atoms with Gasteiger partial charge in [-0.3, -0.25) is 33.6 Å². The fourth-order valence-electron chi connectivity index (χ4n) is 9.44. The van der Waals surface area contributed by atoms with Crippen LogP contribution in [0.3, 0.4) is 0 Å². The van der Waals surface area contributed by atoms with Crippen molar-refractivity contribution in [2.45, 2.75) is 129 Å². The van der Waals surface area contributed by atoms with Crippen LogP contribution in [0, 0.1) is 5.92 Å². The molecule has 4 atom stereocenters. The number of benzene rings is 4. The Kier molecular flexibility index (Phi) is 26.4. The molecular formula is C63H79N7O16. The van der Waals surface area contributed by atoms with Crippen LogP contribution in [0.15, 0.2) is 109 Å². The SMILES string of the molecule is CC(=O)N(C)CCC[C@H](CC(=O)[C@H](CCCN(OC(=O)c1ccccc1)C(C)=O)NC(=O)[C@H](CCCN(OC(=O)c1ccccc1)C(C)=O)NC(=O)OCC1c2ccccc2-c2ccccc21)C(=O)CCCNC(=O)[C@H](CO)NC(=O)OC(C)(C)C. The number of Topliss-reactive ketones (excluding diaryl/α,β-unsaturated/α-hetero) is 2. The summed E-state index contributed by atoms with van der Waals surface area (Å²) in [6.45, 7) is 7.45. The van der Waals surface area contributed by atoms with Crippen molar-refractivity contribution < 1.29 is 77.0 Å². The zero-order valence-electron chi connectivity index (χ0n) is 49.8. The van der Waals surface area contributed by atoms with Gasteiger partial charge in [0.2, 0.25) is 17.7 Å². The maximum Gasteiger partial charge on any atom is 0.408 e. The second-order valence-electron chi connectivity index (χ2n) is 21.8. The smallest absolute Gasteiger partial charge is 0.408 e. The molecule has 0 bridgehead atoms. The molecule has 0 saturated heterocycles. The first kappa shape index (κ1) is 67.8. The third kappa shape index (κ3) is 21.6. The first-order chi connectivity index (χ1) is 41.0. The van der Waals surface area contributed by atoms with Gasteiger partial charge in [-0.05, 0) is 112 Å². The van der Waals surface area contributed by atoms with Crippen molar-refractivity contribution in [2.24, 2.45) is 5.92 Å². The Bertz CT molecular complexity index is 2960. The predicted octanol–water partition coefficient (Wildman–Crippen LogP) is 6.36. The number of rotatable bonds is 30. The number of carbonyl (C=O) groups is 11. The van der Waals surface area contributed by atoms with Gasteiger partial charge in [0.05, 0.1) is 36.9 Å². The topological polar surface area (TPSA) is 303 Å². The molecule has 0 radical (unpaired) electrons. The first-order valence-electron chi connectivity index (χ1n) is 28.6. The average molecular weight is 1190 g/mol. The number of hydroxylamine groups is 4. The van der Waals surface area contributed by atoms with E-state index in [1.807, 2.05) is 48.5 Å². The second kappa shape index (κ2) is 33.5. The molecule has 0 unspecified atom stereocenters. The number of amides is 7. The molecule has 5 rings (SSSR count). The highest BCUT2D eigenvalue weighted by Gasteiger charge is 2.34. The molecule has 4 aromatic rings. The Morgan fingerprint density at radius 1 is 0.547 bits per heavy atom. The van der Waals surface area contributed by atoms with E-state index in [-0.39, 0.29) is 113 Å². The average Bonchev–Trinajstić information content (AvgIpc) is 1.92. The quantitative estimate of drug-likeness (QED) is 0.0280. The van der Waals surface area contributed by atoms with Crippen LogP contribution in [0.25, 0.3) is 11.1 Å². The zero-order chi connectivity index (χ0) is 62.9. The van der Waals surface area contributed by atoms with Crippen LogP contribution in [0.1, 0.15) is 137 Å². The summed E-state index contributed by atoms with van der Waals surface area (Å²) in [5.41, 5.74) is 3.27. The van der Waals surface area contributed by atoms with Gasteiger partial charge in [-0.1, -0.05) is 84.9 Å². The van der Waals surface area contributed by atoms with Crippen molar-refractivity contribution in [3.8, 4) is 11.1 Å². The number of aliphatic hydroxyl groups is 1. The molecule has 23 heteroatoms. The predicted molar refractivity (Wildman–Crippen MR) is 314 cm³/mol. The number of carbonyl (C=O) groups excluding carboxylic acids is 11. The van der Waals surface area contributed by atoms with Gasteiger partial charge < -0.3 is 50.4 Å². The van der Waals surface area contributed by atoms with E-state index in [0.29, 0.717) is 0 Å². The minimum absolute atomic E-state index is 0.0466. The van der Waals surface area contributed by atoms with E-state index in [1.54, 1.807) is 64.2 Å². The molecule has 0 aliphatic heterocycles. The summed E-state index contributed by atoms with van der Waals surface area (Å²) in [6, 6.07) is 27.1. The van der Waals surface area contributed by atoms with Crippen molar-refractivity contribution in [2.75, 3.05) is 46.4 Å². The van der Waals surface area contributed by atoms with Crippen LogP contribution in [0.5, 0.6) is 0 Å². The lowest BCUT2D eigenvalue weighted by Crippen LogP contribution is -2.52. The van der Waals surface area contributed by atoms with E-state index in [2.05, 4.69) is 21.3 Å². The highest BCUT2D eigenvalue weighted by Crippen LogP contribution is 2.44. The Hall–Kier alpha value is -8.99. The van der Waals surface area contributed by atoms with Crippen LogP contribution >= 0.6 is 0 Å². The van der Waals surface area contributed by atoms with E-state index in [9.17, 15) is 57.8 Å². The van der Waals surface area contributed by atoms with Gasteiger partial charge in [0.15, 0.2) is 5.78 Å². The maximum atomic E-state index is 14.8. The second-order valence-corrected chi connectivity index (χ2v) is 21.8. The summed E-state index contributed by atoms with van der Waals surface area (Å²) in [7, 11) is 1.58. The number of hydrogen-bond acceptors (Lipinski definition) is 16. The van der Waals surface area contributed by atoms with Gasteiger partial charge in [-0.25, -0.2) is 19.2 Å². The molecule has 0 heterocycles. The number of ether oxygens (including phenoxy) is 2. The fraction of sp³-hybridized carbons (Fsp3) is 0.444. The highest BCUT2D eigenvalue weighted by atomic mass is 16.7. The molecule has 1 aliphatic carbocycles. The lowest BCUT2D eigenvalue weighted by Gasteiger charge is -2.26. The van der Waals surface area contributed by atoms with Crippen molar-refractivity contribution in [1.29, 1.82) is 0 Å². The third-order valence-electron chi connectivity index (χ3n) is 14.0. The first-order valence-corrected chi connectivity index (χ1v) is 28.6. The van der Waals surface area contributed by atoms with Gasteiger partial charge in [-0.2, -0.15) is 10.1 Å². The minimum atomic E-state index is -1.46. The molecule has 0 saturated carbocycles. The Morgan fingerprint density at radius 2 is 1.03 bits per heavy atom. The Labute approximate surface area is 500 Å². The van der Waals surface area contributed by atoms with Crippen LogP contribution in [-0.4, -0.2) is 156 Å². The normalized spacial score (nSPS) is 12.9. The number of hydrogen-bond donors (Lipinski definition) is 5. The van der Waals surface area contributed by atoms with Crippen molar-refractivity contribution in [3.05, 3.63) is 131 Å².